The molecule has 40 heavy (non-hydrogen) atoms. The second kappa shape index (κ2) is 14.4. The van der Waals surface area contributed by atoms with Crippen molar-refractivity contribution in [1.82, 2.24) is 5.32 Å². The van der Waals surface area contributed by atoms with E-state index in [2.05, 4.69) is 43.8 Å². The molecule has 0 bridgehead atoms. The minimum absolute atomic E-state index is 0.0269. The first-order valence-electron chi connectivity index (χ1n) is 14.2. The zero-order chi connectivity index (χ0) is 31.1. The molecule has 8 heteroatoms. The number of halogens is 3. The predicted octanol–water partition coefficient (Wildman–Crippen LogP) is 9.88. The number of nitrogens with one attached hydrogen (secondary N) is 1. The third-order valence-corrected chi connectivity index (χ3v) is 7.93. The van der Waals surface area contributed by atoms with Crippen LogP contribution in [0.4, 0.5) is 18.0 Å². The molecular formula is C32H46F3NO3S. The van der Waals surface area contributed by atoms with Gasteiger partial charge < -0.3 is 4.74 Å². The molecule has 1 saturated heterocycles. The summed E-state index contributed by atoms with van der Waals surface area (Å²) < 4.78 is 44.1. The van der Waals surface area contributed by atoms with E-state index in [1.165, 1.54) is 17.7 Å². The molecule has 2 aromatic carbocycles. The lowest BCUT2D eigenvalue weighted by Crippen LogP contribution is -2.34. The van der Waals surface area contributed by atoms with E-state index in [9.17, 15) is 22.8 Å². The van der Waals surface area contributed by atoms with Crippen molar-refractivity contribution in [2.45, 2.75) is 118 Å². The van der Waals surface area contributed by atoms with Gasteiger partial charge in [0.1, 0.15) is 5.75 Å². The molecule has 0 spiro atoms. The molecular weight excluding hydrogens is 535 g/mol. The molecule has 1 atom stereocenters. The van der Waals surface area contributed by atoms with Crippen LogP contribution in [0.2, 0.25) is 0 Å². The van der Waals surface area contributed by atoms with Gasteiger partial charge in [-0.3, -0.25) is 14.9 Å². The van der Waals surface area contributed by atoms with E-state index in [4.69, 9.17) is 0 Å². The van der Waals surface area contributed by atoms with Crippen molar-refractivity contribution in [2.24, 2.45) is 0 Å². The van der Waals surface area contributed by atoms with Crippen LogP contribution in [-0.2, 0) is 22.0 Å². The standard InChI is InChI=1S/C26H28F3NO3S.3C2H6/c1-14-10-18-19(25(4,5)9-8-24(18,2)3)13-16(14)17-11-15(6-7-20(17)33-26(27,28)29)12-21-22(31)30-23(32)34-21;3*1-2/h6-7,10-11,13,21H,8-9,12H2,1-5H3,(H,30,31,32);3*1-2H3. The fourth-order valence-corrected chi connectivity index (χ4v) is 5.74. The van der Waals surface area contributed by atoms with Crippen molar-refractivity contribution in [3.63, 3.8) is 0 Å². The molecule has 4 rings (SSSR count). The first kappa shape index (κ1) is 35.5. The van der Waals surface area contributed by atoms with Crippen LogP contribution in [0.25, 0.3) is 11.1 Å². The molecule has 224 valence electrons. The van der Waals surface area contributed by atoms with Crippen molar-refractivity contribution in [3.8, 4) is 16.9 Å². The molecule has 1 fully saturated rings. The Hall–Kier alpha value is -2.48. The predicted molar refractivity (Wildman–Crippen MR) is 161 cm³/mol. The molecule has 1 unspecified atom stereocenters. The number of ether oxygens (including phenoxy) is 1. The zero-order valence-corrected chi connectivity index (χ0v) is 26.7. The number of hydrogen-bond acceptors (Lipinski definition) is 4. The summed E-state index contributed by atoms with van der Waals surface area (Å²) in [5.74, 6) is -0.673. The highest BCUT2D eigenvalue weighted by molar-refractivity contribution is 8.15. The zero-order valence-electron chi connectivity index (χ0n) is 25.9. The van der Waals surface area contributed by atoms with Crippen LogP contribution in [0.3, 0.4) is 0 Å². The Balaban J connectivity index is 0.00000125. The average molecular weight is 582 g/mol. The van der Waals surface area contributed by atoms with E-state index in [0.717, 1.165) is 35.7 Å². The third-order valence-electron chi connectivity index (χ3n) is 6.95. The summed E-state index contributed by atoms with van der Waals surface area (Å²) in [5.41, 5.74) is 4.71. The lowest BCUT2D eigenvalue weighted by molar-refractivity contribution is -0.274. The largest absolute Gasteiger partial charge is 0.573 e. The fourth-order valence-electron chi connectivity index (χ4n) is 4.88. The number of amides is 2. The van der Waals surface area contributed by atoms with Crippen molar-refractivity contribution >= 4 is 22.9 Å². The summed E-state index contributed by atoms with van der Waals surface area (Å²) in [6.45, 7) is 22.6. The molecule has 0 saturated carbocycles. The van der Waals surface area contributed by atoms with Crippen LogP contribution in [0.15, 0.2) is 30.3 Å². The Bertz CT molecular complexity index is 1170. The lowest BCUT2D eigenvalue weighted by atomic mass is 9.62. The normalized spacial score (nSPS) is 18.5. The summed E-state index contributed by atoms with van der Waals surface area (Å²) >= 11 is 0.895. The first-order valence-corrected chi connectivity index (χ1v) is 15.1. The number of hydrogen-bond donors (Lipinski definition) is 1. The molecule has 1 N–H and O–H groups in total. The Morgan fingerprint density at radius 1 is 0.875 bits per heavy atom. The molecule has 1 heterocycles. The van der Waals surface area contributed by atoms with Crippen molar-refractivity contribution in [2.75, 3.05) is 0 Å². The number of thioether (sulfide) groups is 1. The third kappa shape index (κ3) is 8.51. The number of fused-ring (bicyclic) bond motifs is 1. The van der Waals surface area contributed by atoms with E-state index in [0.29, 0.717) is 16.7 Å². The number of rotatable bonds is 4. The molecule has 1 aliphatic carbocycles. The second-order valence-electron chi connectivity index (χ2n) is 10.4. The Kier molecular flexibility index (Phi) is 12.8. The number of imide groups is 1. The molecule has 2 aliphatic rings. The summed E-state index contributed by atoms with van der Waals surface area (Å²) in [6, 6.07) is 8.56. The van der Waals surface area contributed by atoms with Gasteiger partial charge in [0.25, 0.3) is 5.24 Å². The molecule has 2 amide bonds. The molecule has 1 aliphatic heterocycles. The Morgan fingerprint density at radius 3 is 1.88 bits per heavy atom. The number of aryl methyl sites for hydroxylation is 1. The van der Waals surface area contributed by atoms with E-state index < -0.39 is 16.9 Å². The Labute approximate surface area is 242 Å². The Morgan fingerprint density at radius 2 is 1.40 bits per heavy atom. The topological polar surface area (TPSA) is 55.4 Å². The second-order valence-corrected chi connectivity index (χ2v) is 11.6. The van der Waals surface area contributed by atoms with Gasteiger partial charge in [0.05, 0.1) is 5.25 Å². The molecule has 4 nitrogen and oxygen atoms in total. The minimum Gasteiger partial charge on any atom is -0.405 e. The SMILES string of the molecule is CC.CC.CC.Cc1cc2c(cc1-c1cc(CC3SC(=O)NC3=O)ccc1OC(F)(F)F)C(C)(C)CCC2(C)C. The maximum Gasteiger partial charge on any atom is 0.573 e. The average Bonchev–Trinajstić information content (AvgIpc) is 3.22. The van der Waals surface area contributed by atoms with Crippen LogP contribution < -0.4 is 10.1 Å². The number of carbonyl (C=O) groups excluding carboxylic acids is 2. The molecule has 2 aromatic rings. The minimum atomic E-state index is -4.84. The van der Waals surface area contributed by atoms with E-state index in [1.54, 1.807) is 6.07 Å². The van der Waals surface area contributed by atoms with Gasteiger partial charge in [-0.25, -0.2) is 0 Å². The quantitative estimate of drug-likeness (QED) is 0.390. The highest BCUT2D eigenvalue weighted by Crippen LogP contribution is 2.48. The van der Waals surface area contributed by atoms with Crippen LogP contribution in [0.1, 0.15) is 104 Å². The molecule has 0 aromatic heterocycles. The van der Waals surface area contributed by atoms with Gasteiger partial charge in [-0.1, -0.05) is 93.1 Å². The van der Waals surface area contributed by atoms with Gasteiger partial charge in [0.2, 0.25) is 5.91 Å². The van der Waals surface area contributed by atoms with Crippen molar-refractivity contribution in [3.05, 3.63) is 52.6 Å². The van der Waals surface area contributed by atoms with Gasteiger partial charge in [0, 0.05) is 5.56 Å². The first-order chi connectivity index (χ1) is 18.7. The fraction of sp³-hybridized carbons (Fsp3) is 0.562. The summed E-state index contributed by atoms with van der Waals surface area (Å²) in [4.78, 5) is 23.6. The molecule has 0 radical (unpaired) electrons. The van der Waals surface area contributed by atoms with Gasteiger partial charge in [0.15, 0.2) is 0 Å². The van der Waals surface area contributed by atoms with E-state index in [-0.39, 0.29) is 28.9 Å². The van der Waals surface area contributed by atoms with E-state index in [1.807, 2.05) is 54.5 Å². The maximum atomic E-state index is 13.2. The summed E-state index contributed by atoms with van der Waals surface area (Å²) in [5, 5.41) is 1.22. The lowest BCUT2D eigenvalue weighted by Gasteiger charge is -2.42. The van der Waals surface area contributed by atoms with Crippen LogP contribution in [0, 0.1) is 6.92 Å². The summed E-state index contributed by atoms with van der Waals surface area (Å²) in [6.07, 6.45) is -2.61. The van der Waals surface area contributed by atoms with Crippen LogP contribution in [0.5, 0.6) is 5.75 Å². The number of alkyl halides is 3. The van der Waals surface area contributed by atoms with Gasteiger partial charge in [-0.2, -0.15) is 0 Å². The number of carbonyl (C=O) groups is 2. The smallest absolute Gasteiger partial charge is 0.405 e. The van der Waals surface area contributed by atoms with Gasteiger partial charge in [-0.05, 0) is 83.0 Å². The number of benzene rings is 2. The van der Waals surface area contributed by atoms with Crippen molar-refractivity contribution < 1.29 is 27.5 Å². The highest BCUT2D eigenvalue weighted by atomic mass is 32.2. The highest BCUT2D eigenvalue weighted by Gasteiger charge is 2.38. The van der Waals surface area contributed by atoms with E-state index >= 15 is 0 Å². The van der Waals surface area contributed by atoms with Crippen molar-refractivity contribution in [1.29, 1.82) is 0 Å². The summed E-state index contributed by atoms with van der Waals surface area (Å²) in [7, 11) is 0. The monoisotopic (exact) mass is 581 g/mol. The van der Waals surface area contributed by atoms with Gasteiger partial charge >= 0.3 is 6.36 Å². The van der Waals surface area contributed by atoms with Crippen LogP contribution in [-0.4, -0.2) is 22.8 Å². The maximum absolute atomic E-state index is 13.2. The van der Waals surface area contributed by atoms with Crippen LogP contribution >= 0.6 is 11.8 Å². The van der Waals surface area contributed by atoms with Gasteiger partial charge in [-0.15, -0.1) is 13.2 Å².